The highest BCUT2D eigenvalue weighted by atomic mass is 16.4. The molecular weight excluding hydrogens is 823 g/mol. The number of ketones is 2. The maximum absolute atomic E-state index is 15.9. The quantitative estimate of drug-likeness (QED) is 0.0660. The number of hydrogen-bond donors (Lipinski definition) is 8. The number of aliphatic hydroxyl groups is 5. The number of carbonyl (C=O) groups excluding carboxylic acids is 2. The Bertz CT molecular complexity index is 2630. The minimum Gasteiger partial charge on any atom is -0.478 e. The molecule has 344 valence electrons. The van der Waals surface area contributed by atoms with Gasteiger partial charge in [-0.3, -0.25) is 9.59 Å². The molecule has 9 aliphatic rings. The third-order valence-corrected chi connectivity index (χ3v) is 19.5. The van der Waals surface area contributed by atoms with Gasteiger partial charge >= 0.3 is 5.97 Å². The van der Waals surface area contributed by atoms with Crippen molar-refractivity contribution in [3.63, 3.8) is 0 Å². The number of guanidine groups is 1. The number of aliphatic imine (C=N–C) groups is 1. The lowest BCUT2D eigenvalue weighted by molar-refractivity contribution is -0.200. The number of nitrogens with two attached hydrogens (primary N) is 2. The molecule has 2 spiro atoms. The lowest BCUT2D eigenvalue weighted by Gasteiger charge is -2.70. The van der Waals surface area contributed by atoms with E-state index in [0.717, 1.165) is 17.6 Å². The maximum atomic E-state index is 15.9. The fourth-order valence-electron chi connectivity index (χ4n) is 16.8. The third kappa shape index (κ3) is 5.12. The molecule has 0 radical (unpaired) electrons. The average Bonchev–Trinajstić information content (AvgIpc) is 3.40. The Kier molecular flexibility index (Phi) is 9.34. The van der Waals surface area contributed by atoms with Gasteiger partial charge in [-0.1, -0.05) is 81.8 Å². The van der Waals surface area contributed by atoms with Gasteiger partial charge in [0, 0.05) is 76.7 Å². The number of carboxylic acid groups (broad SMARTS) is 1. The summed E-state index contributed by atoms with van der Waals surface area (Å²) in [6.07, 6.45) is 8.63. The standard InChI is InChI=1S/C53H63N3O9/c1-29(57)25-35(43(61)62)34-15-20-49(56-44(54)55)22-21-48(30(2)53(49,65)42(34)60)28-50(63)23-24-51(64)38(33-14-13-31-11-7-8-12-32(31)26-33)40-45(3)17-9-6-10-18-52(50)41(51)39(36(58)27-47(48,52)5)46(40,4)19-16-37(45)59/h7-8,11-12,21-24,26,29-30,38,40,42,57,60,63-65H,10,13-20,25,27-28H2,1-5H3,(H,61,62)(H4,54,55,56). The largest absolute Gasteiger partial charge is 0.478 e. The van der Waals surface area contributed by atoms with Crippen LogP contribution in [0.1, 0.15) is 116 Å². The summed E-state index contributed by atoms with van der Waals surface area (Å²) in [4.78, 5) is 48.0. The van der Waals surface area contributed by atoms with E-state index >= 15 is 4.79 Å². The van der Waals surface area contributed by atoms with Crippen LogP contribution in [0.2, 0.25) is 0 Å². The molecule has 10 rings (SSSR count). The van der Waals surface area contributed by atoms with Gasteiger partial charge in [-0.05, 0) is 91.6 Å². The highest BCUT2D eigenvalue weighted by Crippen LogP contribution is 2.84. The van der Waals surface area contributed by atoms with Crippen LogP contribution in [0.3, 0.4) is 0 Å². The molecule has 0 amide bonds. The molecule has 12 nitrogen and oxygen atoms in total. The van der Waals surface area contributed by atoms with Gasteiger partial charge in [0.1, 0.15) is 28.6 Å². The molecule has 0 heterocycles. The number of aliphatic carboxylic acids is 1. The Hall–Kier alpha value is -4.64. The molecule has 0 saturated heterocycles. The van der Waals surface area contributed by atoms with E-state index in [1.54, 1.807) is 25.2 Å². The number of aryl methyl sites for hydroxylation is 1. The molecule has 14 atom stereocenters. The van der Waals surface area contributed by atoms with E-state index in [0.29, 0.717) is 24.0 Å². The van der Waals surface area contributed by atoms with Crippen molar-refractivity contribution in [3.8, 4) is 11.8 Å². The van der Waals surface area contributed by atoms with Crippen LogP contribution in [0.5, 0.6) is 0 Å². The van der Waals surface area contributed by atoms with Crippen LogP contribution in [0.25, 0.3) is 6.08 Å². The zero-order valence-corrected chi connectivity index (χ0v) is 38.1. The summed E-state index contributed by atoms with van der Waals surface area (Å²) in [7, 11) is 0. The van der Waals surface area contributed by atoms with Gasteiger partial charge in [-0.15, -0.1) is 11.8 Å². The maximum Gasteiger partial charge on any atom is 0.331 e. The Morgan fingerprint density at radius 1 is 0.938 bits per heavy atom. The van der Waals surface area contributed by atoms with Crippen LogP contribution in [0.15, 0.2) is 81.4 Å². The van der Waals surface area contributed by atoms with Gasteiger partial charge in [0.15, 0.2) is 11.7 Å². The van der Waals surface area contributed by atoms with Crippen LogP contribution in [0.4, 0.5) is 0 Å². The van der Waals surface area contributed by atoms with E-state index in [1.165, 1.54) is 12.5 Å². The Balaban J connectivity index is 1.27. The topological polar surface area (TPSA) is 237 Å². The number of rotatable bonds is 5. The molecule has 12 heteroatoms. The number of allylic oxidation sites excluding steroid dienone is 2. The first-order valence-electron chi connectivity index (χ1n) is 23.5. The first-order chi connectivity index (χ1) is 30.5. The van der Waals surface area contributed by atoms with Crippen molar-refractivity contribution in [2.24, 2.45) is 61.3 Å². The second-order valence-corrected chi connectivity index (χ2v) is 22.2. The van der Waals surface area contributed by atoms with Crippen molar-refractivity contribution >= 4 is 29.6 Å². The van der Waals surface area contributed by atoms with Gasteiger partial charge < -0.3 is 42.1 Å². The van der Waals surface area contributed by atoms with Crippen molar-refractivity contribution in [1.82, 2.24) is 0 Å². The second kappa shape index (κ2) is 13.7. The fraction of sp³-hybridized carbons (Fsp3) is 0.585. The fourth-order valence-corrected chi connectivity index (χ4v) is 16.8. The van der Waals surface area contributed by atoms with Gasteiger partial charge in [0.25, 0.3) is 0 Å². The molecule has 14 unspecified atom stereocenters. The van der Waals surface area contributed by atoms with Gasteiger partial charge in [0.2, 0.25) is 0 Å². The molecular formula is C53H63N3O9. The van der Waals surface area contributed by atoms with Gasteiger partial charge in [0.05, 0.1) is 11.7 Å². The van der Waals surface area contributed by atoms with Crippen LogP contribution in [0, 0.1) is 56.7 Å². The lowest BCUT2D eigenvalue weighted by Crippen LogP contribution is -2.74. The molecule has 0 aliphatic heterocycles. The smallest absolute Gasteiger partial charge is 0.331 e. The Morgan fingerprint density at radius 3 is 2.38 bits per heavy atom. The average molecular weight is 886 g/mol. The lowest BCUT2D eigenvalue weighted by atomic mass is 9.33. The van der Waals surface area contributed by atoms with Crippen molar-refractivity contribution in [1.29, 1.82) is 0 Å². The monoisotopic (exact) mass is 885 g/mol. The minimum absolute atomic E-state index is 0.00410. The van der Waals surface area contributed by atoms with E-state index in [2.05, 4.69) is 42.0 Å². The number of fused-ring (bicyclic) bond motifs is 4. The van der Waals surface area contributed by atoms with E-state index in [1.807, 2.05) is 32.1 Å². The zero-order valence-electron chi connectivity index (χ0n) is 38.1. The van der Waals surface area contributed by atoms with Gasteiger partial charge in [-0.25, -0.2) is 9.79 Å². The van der Waals surface area contributed by atoms with Crippen LogP contribution in [-0.2, 0) is 20.8 Å². The Morgan fingerprint density at radius 2 is 1.68 bits per heavy atom. The number of aliphatic hydroxyl groups excluding tert-OH is 2. The molecule has 10 N–H and O–H groups in total. The van der Waals surface area contributed by atoms with Crippen LogP contribution in [-0.4, -0.2) is 88.7 Å². The Labute approximate surface area is 380 Å². The van der Waals surface area contributed by atoms with E-state index < -0.39 is 85.3 Å². The van der Waals surface area contributed by atoms with E-state index in [4.69, 9.17) is 11.5 Å². The number of hydrogen-bond acceptors (Lipinski definition) is 9. The summed E-state index contributed by atoms with van der Waals surface area (Å²) in [6.45, 7) is 9.29. The summed E-state index contributed by atoms with van der Waals surface area (Å²) >= 11 is 0. The SMILES string of the molecule is CC(O)CC(C(=O)O)=C1CCC2(N=C(N)N)C=CC3(CC4(O)C=CC5(O)C6=C7C(=O)CC3(C)C64CCC#CCC3(C)C(=O)CCC7(C)C3C5C3=Cc4ccccc4CC3)C(C)C2(O)C1O. The number of carbonyl (C=O) groups is 3. The summed E-state index contributed by atoms with van der Waals surface area (Å²) in [5.41, 5.74) is 2.75. The molecule has 9 aliphatic carbocycles. The molecule has 3 fully saturated rings. The van der Waals surface area contributed by atoms with Crippen molar-refractivity contribution in [2.75, 3.05) is 0 Å². The molecule has 1 aromatic carbocycles. The molecule has 1 aromatic rings. The summed E-state index contributed by atoms with van der Waals surface area (Å²) in [6, 6.07) is 8.20. The first kappa shape index (κ1) is 44.2. The number of Topliss-reactive ketones (excluding diaryl/α,β-unsaturated/α-hetero) is 2. The van der Waals surface area contributed by atoms with Crippen molar-refractivity contribution in [3.05, 3.63) is 87.6 Å². The van der Waals surface area contributed by atoms with E-state index in [-0.39, 0.29) is 86.5 Å². The van der Waals surface area contributed by atoms with Crippen LogP contribution < -0.4 is 11.5 Å². The predicted molar refractivity (Wildman–Crippen MR) is 243 cm³/mol. The normalized spacial score (nSPS) is 46.6. The molecule has 3 saturated carbocycles. The summed E-state index contributed by atoms with van der Waals surface area (Å²) in [5, 5.41) is 75.6. The minimum atomic E-state index is -2.31. The molecule has 0 aromatic heterocycles. The number of carboxylic acids is 1. The highest BCUT2D eigenvalue weighted by Gasteiger charge is 2.85. The molecule has 65 heavy (non-hydrogen) atoms. The second-order valence-electron chi connectivity index (χ2n) is 22.2. The number of nitrogens with zero attached hydrogens (tertiary/aromatic N) is 1. The third-order valence-electron chi connectivity index (χ3n) is 19.5. The number of benzene rings is 1. The summed E-state index contributed by atoms with van der Waals surface area (Å²) < 4.78 is 0. The summed E-state index contributed by atoms with van der Waals surface area (Å²) in [5.74, 6) is 2.75. The van der Waals surface area contributed by atoms with E-state index in [9.17, 15) is 40.2 Å². The first-order valence-corrected chi connectivity index (χ1v) is 23.5. The van der Waals surface area contributed by atoms with Gasteiger partial charge in [-0.2, -0.15) is 0 Å². The zero-order chi connectivity index (χ0) is 46.7. The molecule has 4 bridgehead atoms. The van der Waals surface area contributed by atoms with Crippen LogP contribution >= 0.6 is 0 Å². The van der Waals surface area contributed by atoms with Crippen molar-refractivity contribution < 1.29 is 45.0 Å². The van der Waals surface area contributed by atoms with Crippen molar-refractivity contribution in [2.45, 2.75) is 146 Å². The predicted octanol–water partition coefficient (Wildman–Crippen LogP) is 4.77. The highest BCUT2D eigenvalue weighted by molar-refractivity contribution is 6.02.